The number of nitrogens with zero attached hydrogens (tertiary/aromatic N) is 1. The number of unbranched alkanes of at least 4 members (excludes halogenated alkanes) is 6. The van der Waals surface area contributed by atoms with E-state index in [1.165, 1.54) is 32.1 Å². The lowest BCUT2D eigenvalue weighted by Gasteiger charge is -2.18. The van der Waals surface area contributed by atoms with Gasteiger partial charge in [-0.1, -0.05) is 88.8 Å². The van der Waals surface area contributed by atoms with Crippen LogP contribution in [0.3, 0.4) is 0 Å². The maximum absolute atomic E-state index is 12.3. The van der Waals surface area contributed by atoms with Crippen LogP contribution in [0.2, 0.25) is 0 Å². The van der Waals surface area contributed by atoms with Crippen molar-refractivity contribution in [2.24, 2.45) is 0 Å². The number of esters is 1. The van der Waals surface area contributed by atoms with E-state index in [9.17, 15) is 10.1 Å². The fraction of sp³-hybridized carbons (Fsp3) is 0.533. The number of nitriles is 1. The highest BCUT2D eigenvalue weighted by Crippen LogP contribution is 2.26. The average molecular weight is 464 g/mol. The van der Waals surface area contributed by atoms with Crippen molar-refractivity contribution in [3.05, 3.63) is 59.2 Å². The summed E-state index contributed by atoms with van der Waals surface area (Å²) in [6, 6.07) is 16.6. The summed E-state index contributed by atoms with van der Waals surface area (Å²) >= 11 is 0. The van der Waals surface area contributed by atoms with Crippen molar-refractivity contribution in [1.29, 1.82) is 5.26 Å². The minimum absolute atomic E-state index is 0.340. The summed E-state index contributed by atoms with van der Waals surface area (Å²) < 4.78 is 11.1. The van der Waals surface area contributed by atoms with E-state index in [0.29, 0.717) is 6.61 Å². The van der Waals surface area contributed by atoms with Crippen LogP contribution in [-0.2, 0) is 20.7 Å². The highest BCUT2D eigenvalue weighted by atomic mass is 16.6. The monoisotopic (exact) mass is 463 g/mol. The van der Waals surface area contributed by atoms with Crippen LogP contribution in [0.25, 0.3) is 11.1 Å². The first-order chi connectivity index (χ1) is 16.5. The van der Waals surface area contributed by atoms with E-state index < -0.39 is 6.10 Å². The minimum atomic E-state index is -0.562. The van der Waals surface area contributed by atoms with Gasteiger partial charge in [-0.15, -0.1) is 0 Å². The molecule has 0 fully saturated rings. The third-order valence-corrected chi connectivity index (χ3v) is 6.23. The molecule has 0 N–H and O–H groups in total. The number of rotatable bonds is 15. The van der Waals surface area contributed by atoms with Crippen molar-refractivity contribution in [2.75, 3.05) is 6.61 Å². The van der Waals surface area contributed by atoms with Gasteiger partial charge in [0.1, 0.15) is 6.10 Å². The number of aryl methyl sites for hydroxylation is 1. The van der Waals surface area contributed by atoms with E-state index in [2.05, 4.69) is 32.0 Å². The second-order valence-electron chi connectivity index (χ2n) is 9.07. The smallest absolute Gasteiger partial charge is 0.335 e. The van der Waals surface area contributed by atoms with Gasteiger partial charge in [0.05, 0.1) is 11.6 Å². The van der Waals surface area contributed by atoms with Crippen LogP contribution in [0.15, 0.2) is 42.5 Å². The first kappa shape index (κ1) is 27.6. The molecule has 2 aromatic rings. The quantitative estimate of drug-likeness (QED) is 0.199. The second kappa shape index (κ2) is 15.3. The predicted octanol–water partition coefficient (Wildman–Crippen LogP) is 7.94. The standard InChI is InChI=1S/C30H41NO3/c1-5-7-9-10-11-12-13-26-18-19-28(21-29(26)22-31)27-16-14-25(15-17-27)23(3)34-30(32)24(4)33-20-8-6-2/h14-19,21,23-24H,5-13,20H2,1-4H3. The van der Waals surface area contributed by atoms with Gasteiger partial charge in [0.2, 0.25) is 0 Å². The fourth-order valence-corrected chi connectivity index (χ4v) is 3.93. The molecule has 4 heteroatoms. The Bertz CT molecular complexity index is 914. The van der Waals surface area contributed by atoms with Crippen molar-refractivity contribution in [3.8, 4) is 17.2 Å². The second-order valence-corrected chi connectivity index (χ2v) is 9.07. The molecule has 2 rings (SSSR count). The summed E-state index contributed by atoms with van der Waals surface area (Å²) in [6.45, 7) is 8.49. The lowest BCUT2D eigenvalue weighted by Crippen LogP contribution is -2.25. The van der Waals surface area contributed by atoms with Crippen LogP contribution in [0.1, 0.15) is 102 Å². The van der Waals surface area contributed by atoms with Crippen LogP contribution < -0.4 is 0 Å². The summed E-state index contributed by atoms with van der Waals surface area (Å²) in [5, 5.41) is 9.67. The molecule has 184 valence electrons. The molecule has 0 spiro atoms. The van der Waals surface area contributed by atoms with Gasteiger partial charge < -0.3 is 9.47 Å². The molecule has 34 heavy (non-hydrogen) atoms. The van der Waals surface area contributed by atoms with Crippen molar-refractivity contribution < 1.29 is 14.3 Å². The molecule has 0 aromatic heterocycles. The number of hydrogen-bond acceptors (Lipinski definition) is 4. The average Bonchev–Trinajstić information content (AvgIpc) is 2.86. The Labute approximate surface area is 206 Å². The van der Waals surface area contributed by atoms with Crippen LogP contribution >= 0.6 is 0 Å². The minimum Gasteiger partial charge on any atom is -0.456 e. The van der Waals surface area contributed by atoms with Crippen molar-refractivity contribution >= 4 is 5.97 Å². The first-order valence-corrected chi connectivity index (χ1v) is 13.0. The number of hydrogen-bond donors (Lipinski definition) is 0. The molecule has 2 aromatic carbocycles. The van der Waals surface area contributed by atoms with Gasteiger partial charge in [-0.2, -0.15) is 5.26 Å². The molecule has 0 aliphatic heterocycles. The Balaban J connectivity index is 1.95. The zero-order chi connectivity index (χ0) is 24.8. The van der Waals surface area contributed by atoms with Gasteiger partial charge in [0, 0.05) is 6.61 Å². The van der Waals surface area contributed by atoms with Crippen LogP contribution in [0.4, 0.5) is 0 Å². The van der Waals surface area contributed by atoms with Gasteiger partial charge >= 0.3 is 5.97 Å². The van der Waals surface area contributed by atoms with Crippen molar-refractivity contribution in [1.82, 2.24) is 0 Å². The Hall–Kier alpha value is -2.64. The van der Waals surface area contributed by atoms with E-state index >= 15 is 0 Å². The zero-order valence-electron chi connectivity index (χ0n) is 21.4. The van der Waals surface area contributed by atoms with E-state index in [0.717, 1.165) is 53.5 Å². The Kier molecular flexibility index (Phi) is 12.4. The first-order valence-electron chi connectivity index (χ1n) is 13.0. The number of ether oxygens (including phenoxy) is 2. The molecule has 0 saturated carbocycles. The largest absolute Gasteiger partial charge is 0.456 e. The third-order valence-electron chi connectivity index (χ3n) is 6.23. The lowest BCUT2D eigenvalue weighted by atomic mass is 9.95. The molecule has 0 aliphatic rings. The fourth-order valence-electron chi connectivity index (χ4n) is 3.93. The lowest BCUT2D eigenvalue weighted by molar-refractivity contribution is -0.161. The van der Waals surface area contributed by atoms with E-state index in [1.54, 1.807) is 6.92 Å². The summed E-state index contributed by atoms with van der Waals surface area (Å²) in [7, 11) is 0. The highest BCUT2D eigenvalue weighted by molar-refractivity contribution is 5.74. The highest BCUT2D eigenvalue weighted by Gasteiger charge is 2.19. The molecule has 2 unspecified atom stereocenters. The molecular weight excluding hydrogens is 422 g/mol. The van der Waals surface area contributed by atoms with Gasteiger partial charge in [-0.05, 0) is 61.4 Å². The number of carbonyl (C=O) groups is 1. The number of carbonyl (C=O) groups excluding carboxylic acids is 1. The van der Waals surface area contributed by atoms with Crippen molar-refractivity contribution in [3.63, 3.8) is 0 Å². The Morgan fingerprint density at radius 1 is 0.882 bits per heavy atom. The van der Waals surface area contributed by atoms with E-state index in [1.807, 2.05) is 37.3 Å². The van der Waals surface area contributed by atoms with Gasteiger partial charge in [-0.25, -0.2) is 4.79 Å². The molecule has 0 aliphatic carbocycles. The van der Waals surface area contributed by atoms with Gasteiger partial charge in [0.25, 0.3) is 0 Å². The normalized spacial score (nSPS) is 12.7. The van der Waals surface area contributed by atoms with E-state index in [-0.39, 0.29) is 12.1 Å². The summed E-state index contributed by atoms with van der Waals surface area (Å²) in [6.07, 6.45) is 9.51. The molecule has 0 radical (unpaired) electrons. The van der Waals surface area contributed by atoms with E-state index in [4.69, 9.17) is 9.47 Å². The predicted molar refractivity (Wildman–Crippen MR) is 139 cm³/mol. The Morgan fingerprint density at radius 2 is 1.53 bits per heavy atom. The molecule has 0 amide bonds. The third kappa shape index (κ3) is 8.95. The molecule has 0 heterocycles. The van der Waals surface area contributed by atoms with Crippen molar-refractivity contribution in [2.45, 2.75) is 97.7 Å². The molecule has 0 saturated heterocycles. The zero-order valence-corrected chi connectivity index (χ0v) is 21.4. The maximum atomic E-state index is 12.3. The Morgan fingerprint density at radius 3 is 2.21 bits per heavy atom. The molecular formula is C30H41NO3. The van der Waals surface area contributed by atoms with Crippen LogP contribution in [-0.4, -0.2) is 18.7 Å². The van der Waals surface area contributed by atoms with Gasteiger partial charge in [0.15, 0.2) is 6.10 Å². The molecule has 2 atom stereocenters. The topological polar surface area (TPSA) is 59.3 Å². The molecule has 4 nitrogen and oxygen atoms in total. The number of benzene rings is 2. The maximum Gasteiger partial charge on any atom is 0.335 e. The van der Waals surface area contributed by atoms with Gasteiger partial charge in [-0.3, -0.25) is 0 Å². The molecule has 0 bridgehead atoms. The SMILES string of the molecule is CCCCCCCCc1ccc(-c2ccc(C(C)OC(=O)C(C)OCCCC)cc2)cc1C#N. The van der Waals surface area contributed by atoms with Crippen LogP contribution in [0, 0.1) is 11.3 Å². The summed E-state index contributed by atoms with van der Waals surface area (Å²) in [5.74, 6) is -0.340. The summed E-state index contributed by atoms with van der Waals surface area (Å²) in [4.78, 5) is 12.3. The summed E-state index contributed by atoms with van der Waals surface area (Å²) in [5.41, 5.74) is 4.89. The van der Waals surface area contributed by atoms with Crippen LogP contribution in [0.5, 0.6) is 0 Å².